The van der Waals surface area contributed by atoms with Crippen LogP contribution in [0.1, 0.15) is 37.3 Å². The molecule has 1 fully saturated rings. The molecule has 2 rings (SSSR count). The van der Waals surface area contributed by atoms with E-state index in [9.17, 15) is 0 Å². The zero-order chi connectivity index (χ0) is 9.97. The Hall–Kier alpha value is -0.240. The highest BCUT2D eigenvalue weighted by Gasteiger charge is 2.22. The Morgan fingerprint density at radius 3 is 2.53 bits per heavy atom. The molecule has 1 aromatic carbocycles. The summed E-state index contributed by atoms with van der Waals surface area (Å²) in [6.07, 6.45) is 5.21. The maximum absolute atomic E-state index is 6.21. The van der Waals surface area contributed by atoms with E-state index < -0.39 is 0 Å². The van der Waals surface area contributed by atoms with Crippen LogP contribution in [0.2, 0.25) is 5.02 Å². The average molecular weight is 246 g/mol. The van der Waals surface area contributed by atoms with Crippen molar-refractivity contribution in [3.63, 3.8) is 0 Å². The van der Waals surface area contributed by atoms with Crippen molar-refractivity contribution in [2.24, 2.45) is 11.7 Å². The molecule has 0 radical (unpaired) electrons. The van der Waals surface area contributed by atoms with Crippen LogP contribution < -0.4 is 5.73 Å². The Kier molecular flexibility index (Phi) is 4.91. The summed E-state index contributed by atoms with van der Waals surface area (Å²) in [4.78, 5) is 0. The maximum Gasteiger partial charge on any atom is 0.0409 e. The first-order valence-corrected chi connectivity index (χ1v) is 5.66. The molecule has 15 heavy (non-hydrogen) atoms. The van der Waals surface area contributed by atoms with Gasteiger partial charge in [-0.1, -0.05) is 36.6 Å². The van der Waals surface area contributed by atoms with Crippen LogP contribution in [-0.4, -0.2) is 0 Å². The second-order valence-corrected chi connectivity index (χ2v) is 4.56. The molecule has 1 aliphatic carbocycles. The van der Waals surface area contributed by atoms with Crippen molar-refractivity contribution in [2.45, 2.75) is 31.7 Å². The van der Waals surface area contributed by atoms with Gasteiger partial charge in [0.1, 0.15) is 0 Å². The molecule has 1 aromatic rings. The highest BCUT2D eigenvalue weighted by atomic mass is 35.5. The topological polar surface area (TPSA) is 26.0 Å². The van der Waals surface area contributed by atoms with Gasteiger partial charge in [-0.3, -0.25) is 0 Å². The third-order valence-corrected chi connectivity index (χ3v) is 3.38. The second-order valence-electron chi connectivity index (χ2n) is 4.13. The van der Waals surface area contributed by atoms with Gasteiger partial charge in [-0.15, -0.1) is 12.4 Å². The fourth-order valence-corrected chi connectivity index (χ4v) is 2.50. The lowest BCUT2D eigenvalue weighted by molar-refractivity contribution is 0.445. The quantitative estimate of drug-likeness (QED) is 0.839. The summed E-state index contributed by atoms with van der Waals surface area (Å²) in [5.74, 6) is 0.661. The van der Waals surface area contributed by atoms with Gasteiger partial charge in [0.2, 0.25) is 0 Å². The maximum atomic E-state index is 6.21. The van der Waals surface area contributed by atoms with Gasteiger partial charge >= 0.3 is 0 Å². The molecular weight excluding hydrogens is 229 g/mol. The lowest BCUT2D eigenvalue weighted by Gasteiger charge is -2.19. The van der Waals surface area contributed by atoms with Gasteiger partial charge in [0.05, 0.1) is 0 Å². The largest absolute Gasteiger partial charge is 0.324 e. The molecule has 0 bridgehead atoms. The predicted octanol–water partition coefficient (Wildman–Crippen LogP) is 3.95. The number of nitrogens with two attached hydrogens (primary N) is 1. The second kappa shape index (κ2) is 5.74. The first kappa shape index (κ1) is 12.8. The monoisotopic (exact) mass is 245 g/mol. The molecule has 1 atom stereocenters. The number of hydrogen-bond donors (Lipinski definition) is 1. The molecule has 1 saturated carbocycles. The zero-order valence-electron chi connectivity index (χ0n) is 8.66. The summed E-state index contributed by atoms with van der Waals surface area (Å²) < 4.78 is 0. The van der Waals surface area contributed by atoms with Gasteiger partial charge in [-0.2, -0.15) is 0 Å². The van der Waals surface area contributed by atoms with Crippen LogP contribution in [0.3, 0.4) is 0 Å². The first-order chi connectivity index (χ1) is 6.77. The molecule has 0 aliphatic heterocycles. The molecule has 1 aliphatic rings. The number of hydrogen-bond acceptors (Lipinski definition) is 1. The van der Waals surface area contributed by atoms with Crippen LogP contribution in [-0.2, 0) is 0 Å². The van der Waals surface area contributed by atoms with E-state index in [0.717, 1.165) is 5.02 Å². The van der Waals surface area contributed by atoms with E-state index in [1.54, 1.807) is 0 Å². The van der Waals surface area contributed by atoms with Crippen molar-refractivity contribution in [3.05, 3.63) is 34.9 Å². The lowest BCUT2D eigenvalue weighted by Crippen LogP contribution is -2.18. The van der Waals surface area contributed by atoms with Crippen LogP contribution in [0.5, 0.6) is 0 Å². The molecule has 3 heteroatoms. The van der Waals surface area contributed by atoms with Gasteiger partial charge < -0.3 is 5.73 Å². The van der Waals surface area contributed by atoms with Crippen molar-refractivity contribution >= 4 is 24.0 Å². The summed E-state index contributed by atoms with van der Waals surface area (Å²) in [5, 5.41) is 0.788. The fraction of sp³-hybridized carbons (Fsp3) is 0.500. The van der Waals surface area contributed by atoms with Crippen LogP contribution in [0.4, 0.5) is 0 Å². The predicted molar refractivity (Wildman–Crippen MR) is 67.6 cm³/mol. The van der Waals surface area contributed by atoms with Crippen LogP contribution in [0, 0.1) is 5.92 Å². The Labute approximate surface area is 102 Å². The Morgan fingerprint density at radius 2 is 1.93 bits per heavy atom. The van der Waals surface area contributed by atoms with Gasteiger partial charge in [0, 0.05) is 11.1 Å². The lowest BCUT2D eigenvalue weighted by atomic mass is 9.93. The molecular formula is C12H17Cl2N. The van der Waals surface area contributed by atoms with Gasteiger partial charge in [-0.05, 0) is 36.5 Å². The summed E-state index contributed by atoms with van der Waals surface area (Å²) in [6, 6.07) is 8.12. The van der Waals surface area contributed by atoms with E-state index in [0.29, 0.717) is 5.92 Å². The SMILES string of the molecule is Cl.N[C@H](c1cccc(Cl)c1)C1CCCC1. The van der Waals surface area contributed by atoms with E-state index in [1.165, 1.54) is 31.2 Å². The minimum atomic E-state index is 0. The van der Waals surface area contributed by atoms with Crippen LogP contribution in [0.25, 0.3) is 0 Å². The average Bonchev–Trinajstić information content (AvgIpc) is 2.69. The molecule has 0 heterocycles. The zero-order valence-corrected chi connectivity index (χ0v) is 10.2. The minimum absolute atomic E-state index is 0. The molecule has 0 unspecified atom stereocenters. The highest BCUT2D eigenvalue weighted by molar-refractivity contribution is 6.30. The molecule has 0 spiro atoms. The van der Waals surface area contributed by atoms with Crippen molar-refractivity contribution in [3.8, 4) is 0 Å². The Morgan fingerprint density at radius 1 is 1.27 bits per heavy atom. The van der Waals surface area contributed by atoms with Crippen molar-refractivity contribution in [2.75, 3.05) is 0 Å². The summed E-state index contributed by atoms with van der Waals surface area (Å²) in [5.41, 5.74) is 7.40. The fourth-order valence-electron chi connectivity index (χ4n) is 2.30. The standard InChI is InChI=1S/C12H16ClN.ClH/c13-11-7-3-6-10(8-11)12(14)9-4-1-2-5-9;/h3,6-9,12H,1-2,4-5,14H2;1H/t12-;/m0./s1. The molecule has 84 valence electrons. The van der Waals surface area contributed by atoms with Crippen molar-refractivity contribution in [1.29, 1.82) is 0 Å². The van der Waals surface area contributed by atoms with Crippen LogP contribution >= 0.6 is 24.0 Å². The Balaban J connectivity index is 0.00000112. The van der Waals surface area contributed by atoms with E-state index in [2.05, 4.69) is 6.07 Å². The molecule has 0 aromatic heterocycles. The minimum Gasteiger partial charge on any atom is -0.324 e. The molecule has 0 amide bonds. The Bertz CT molecular complexity index is 308. The van der Waals surface area contributed by atoms with E-state index in [1.807, 2.05) is 18.2 Å². The van der Waals surface area contributed by atoms with E-state index >= 15 is 0 Å². The molecule has 0 saturated heterocycles. The molecule has 1 nitrogen and oxygen atoms in total. The summed E-state index contributed by atoms with van der Waals surface area (Å²) in [7, 11) is 0. The van der Waals surface area contributed by atoms with Crippen molar-refractivity contribution in [1.82, 2.24) is 0 Å². The highest BCUT2D eigenvalue weighted by Crippen LogP contribution is 2.34. The summed E-state index contributed by atoms with van der Waals surface area (Å²) >= 11 is 5.94. The van der Waals surface area contributed by atoms with Gasteiger partial charge in [0.15, 0.2) is 0 Å². The van der Waals surface area contributed by atoms with E-state index in [4.69, 9.17) is 17.3 Å². The number of halogens is 2. The number of benzene rings is 1. The third kappa shape index (κ3) is 3.10. The van der Waals surface area contributed by atoms with E-state index in [-0.39, 0.29) is 18.4 Å². The van der Waals surface area contributed by atoms with Gasteiger partial charge in [0.25, 0.3) is 0 Å². The summed E-state index contributed by atoms with van der Waals surface area (Å²) in [6.45, 7) is 0. The smallest absolute Gasteiger partial charge is 0.0409 e. The first-order valence-electron chi connectivity index (χ1n) is 5.28. The van der Waals surface area contributed by atoms with Gasteiger partial charge in [-0.25, -0.2) is 0 Å². The number of rotatable bonds is 2. The molecule has 2 N–H and O–H groups in total. The van der Waals surface area contributed by atoms with Crippen molar-refractivity contribution < 1.29 is 0 Å². The normalized spacial score (nSPS) is 18.5. The third-order valence-electron chi connectivity index (χ3n) is 3.14. The van der Waals surface area contributed by atoms with Crippen LogP contribution in [0.15, 0.2) is 24.3 Å².